The van der Waals surface area contributed by atoms with E-state index in [1.165, 1.54) is 4.90 Å². The van der Waals surface area contributed by atoms with E-state index in [1.807, 2.05) is 0 Å². The van der Waals surface area contributed by atoms with Gasteiger partial charge in [0.2, 0.25) is 5.91 Å². The molecule has 2 atom stereocenters. The maximum absolute atomic E-state index is 12.3. The number of carboxylic acids is 1. The second-order valence-corrected chi connectivity index (χ2v) is 5.87. The van der Waals surface area contributed by atoms with Crippen molar-refractivity contribution in [3.63, 3.8) is 0 Å². The van der Waals surface area contributed by atoms with Crippen molar-refractivity contribution in [1.29, 1.82) is 0 Å². The number of likely N-dealkylation sites (tertiary alicyclic amines) is 1. The van der Waals surface area contributed by atoms with Gasteiger partial charge < -0.3 is 15.7 Å². The van der Waals surface area contributed by atoms with Crippen LogP contribution >= 0.6 is 0 Å². The fraction of sp³-hybridized carbons (Fsp3) is 0.857. The molecule has 0 aromatic heterocycles. The Morgan fingerprint density at radius 2 is 2.05 bits per heavy atom. The van der Waals surface area contributed by atoms with Gasteiger partial charge in [0.25, 0.3) is 0 Å². The Morgan fingerprint density at radius 1 is 1.37 bits per heavy atom. The van der Waals surface area contributed by atoms with Crippen LogP contribution in [0.4, 0.5) is 0 Å². The second kappa shape index (κ2) is 7.48. The number of nitrogens with two attached hydrogens (primary N) is 1. The maximum Gasteiger partial charge on any atom is 0.326 e. The lowest BCUT2D eigenvalue weighted by atomic mass is 9.92. The number of carboxylic acid groups (broad SMARTS) is 1. The van der Waals surface area contributed by atoms with Gasteiger partial charge in [0.05, 0.1) is 0 Å². The Bertz CT molecular complexity index is 318. The van der Waals surface area contributed by atoms with Gasteiger partial charge in [-0.15, -0.1) is 0 Å². The van der Waals surface area contributed by atoms with Crippen LogP contribution in [0, 0.1) is 11.8 Å². The highest BCUT2D eigenvalue weighted by atomic mass is 16.4. The molecule has 3 N–H and O–H groups in total. The zero-order valence-corrected chi connectivity index (χ0v) is 12.0. The predicted octanol–water partition coefficient (Wildman–Crippen LogP) is 1.46. The molecule has 0 spiro atoms. The fourth-order valence-electron chi connectivity index (χ4n) is 2.78. The third-order valence-electron chi connectivity index (χ3n) is 3.71. The molecule has 1 rings (SSSR count). The zero-order valence-electron chi connectivity index (χ0n) is 12.0. The first-order chi connectivity index (χ1) is 8.95. The van der Waals surface area contributed by atoms with Gasteiger partial charge >= 0.3 is 5.97 Å². The monoisotopic (exact) mass is 270 g/mol. The Labute approximate surface area is 115 Å². The summed E-state index contributed by atoms with van der Waals surface area (Å²) in [5.41, 5.74) is 5.71. The molecule has 1 unspecified atom stereocenters. The average Bonchev–Trinajstić information content (AvgIpc) is 2.37. The van der Waals surface area contributed by atoms with E-state index in [1.54, 1.807) is 0 Å². The van der Waals surface area contributed by atoms with Crippen molar-refractivity contribution >= 4 is 11.9 Å². The molecule has 5 heteroatoms. The first-order valence-electron chi connectivity index (χ1n) is 7.18. The molecule has 0 aliphatic carbocycles. The van der Waals surface area contributed by atoms with Gasteiger partial charge in [0.15, 0.2) is 0 Å². The van der Waals surface area contributed by atoms with E-state index in [0.29, 0.717) is 31.8 Å². The first-order valence-corrected chi connectivity index (χ1v) is 7.18. The number of piperidine rings is 1. The van der Waals surface area contributed by atoms with Crippen LogP contribution < -0.4 is 5.73 Å². The minimum Gasteiger partial charge on any atom is -0.480 e. The number of carbonyl (C=O) groups is 2. The van der Waals surface area contributed by atoms with Gasteiger partial charge in [0, 0.05) is 13.0 Å². The smallest absolute Gasteiger partial charge is 0.326 e. The molecule has 0 radical (unpaired) electrons. The molecular formula is C14H26N2O3. The zero-order chi connectivity index (χ0) is 14.4. The molecule has 1 fully saturated rings. The molecule has 5 nitrogen and oxygen atoms in total. The number of amides is 1. The number of aliphatic carboxylic acids is 1. The molecule has 1 aliphatic rings. The van der Waals surface area contributed by atoms with Crippen molar-refractivity contribution in [3.8, 4) is 0 Å². The molecule has 0 aromatic rings. The first kappa shape index (κ1) is 16.0. The lowest BCUT2D eigenvalue weighted by Crippen LogP contribution is -2.48. The number of carbonyl (C=O) groups excluding carboxylic acids is 1. The molecule has 1 heterocycles. The Balaban J connectivity index is 2.61. The van der Waals surface area contributed by atoms with Crippen molar-refractivity contribution in [2.45, 2.75) is 52.0 Å². The van der Waals surface area contributed by atoms with Crippen LogP contribution in [-0.4, -0.2) is 41.0 Å². The third kappa shape index (κ3) is 4.82. The van der Waals surface area contributed by atoms with Gasteiger partial charge in [-0.1, -0.05) is 13.8 Å². The summed E-state index contributed by atoms with van der Waals surface area (Å²) < 4.78 is 0. The number of nitrogens with zero attached hydrogens (tertiary/aromatic N) is 1. The Hall–Kier alpha value is -1.10. The van der Waals surface area contributed by atoms with E-state index in [4.69, 9.17) is 5.73 Å². The normalized spacial score (nSPS) is 21.5. The number of hydrogen-bond donors (Lipinski definition) is 2. The SMILES string of the molecule is CC(C)CC(CN)CC(=O)N1CCCC[C@@H]1C(=O)O. The minimum absolute atomic E-state index is 0.0526. The molecular weight excluding hydrogens is 244 g/mol. The van der Waals surface area contributed by atoms with E-state index >= 15 is 0 Å². The molecule has 1 amide bonds. The summed E-state index contributed by atoms with van der Waals surface area (Å²) in [6, 6.07) is -0.640. The van der Waals surface area contributed by atoms with Gasteiger partial charge in [-0.05, 0) is 44.1 Å². The van der Waals surface area contributed by atoms with E-state index < -0.39 is 12.0 Å². The van der Waals surface area contributed by atoms with Crippen LogP contribution in [0.3, 0.4) is 0 Å². The van der Waals surface area contributed by atoms with Crippen molar-refractivity contribution in [2.24, 2.45) is 17.6 Å². The lowest BCUT2D eigenvalue weighted by molar-refractivity contribution is -0.152. The number of hydrogen-bond acceptors (Lipinski definition) is 3. The summed E-state index contributed by atoms with van der Waals surface area (Å²) in [7, 11) is 0. The van der Waals surface area contributed by atoms with Crippen LogP contribution in [0.5, 0.6) is 0 Å². The van der Waals surface area contributed by atoms with Crippen LogP contribution in [-0.2, 0) is 9.59 Å². The standard InChI is InChI=1S/C14H26N2O3/c1-10(2)7-11(9-15)8-13(17)16-6-4-3-5-12(16)14(18)19/h10-12H,3-9,15H2,1-2H3,(H,18,19)/t11?,12-/m1/s1. The molecule has 0 bridgehead atoms. The van der Waals surface area contributed by atoms with Crippen molar-refractivity contribution in [3.05, 3.63) is 0 Å². The largest absolute Gasteiger partial charge is 0.480 e. The van der Waals surface area contributed by atoms with E-state index in [-0.39, 0.29) is 11.8 Å². The quantitative estimate of drug-likeness (QED) is 0.765. The van der Waals surface area contributed by atoms with Crippen LogP contribution in [0.1, 0.15) is 46.0 Å². The Morgan fingerprint density at radius 3 is 2.58 bits per heavy atom. The molecule has 1 aliphatic heterocycles. The highest BCUT2D eigenvalue weighted by molar-refractivity contribution is 5.84. The predicted molar refractivity (Wildman–Crippen MR) is 73.6 cm³/mol. The van der Waals surface area contributed by atoms with Crippen LogP contribution in [0.25, 0.3) is 0 Å². The summed E-state index contributed by atoms with van der Waals surface area (Å²) in [5.74, 6) is -0.286. The molecule has 19 heavy (non-hydrogen) atoms. The lowest BCUT2D eigenvalue weighted by Gasteiger charge is -2.34. The van der Waals surface area contributed by atoms with Gasteiger partial charge in [-0.25, -0.2) is 4.79 Å². The molecule has 110 valence electrons. The highest BCUT2D eigenvalue weighted by Gasteiger charge is 2.32. The highest BCUT2D eigenvalue weighted by Crippen LogP contribution is 2.21. The minimum atomic E-state index is -0.888. The van der Waals surface area contributed by atoms with E-state index in [2.05, 4.69) is 13.8 Å². The fourth-order valence-corrected chi connectivity index (χ4v) is 2.78. The summed E-state index contributed by atoms with van der Waals surface area (Å²) in [6.07, 6.45) is 3.63. The van der Waals surface area contributed by atoms with Crippen LogP contribution in [0.15, 0.2) is 0 Å². The molecule has 0 aromatic carbocycles. The number of rotatable bonds is 6. The third-order valence-corrected chi connectivity index (χ3v) is 3.71. The molecule has 0 saturated carbocycles. The summed E-state index contributed by atoms with van der Waals surface area (Å²) in [4.78, 5) is 25.0. The van der Waals surface area contributed by atoms with Gasteiger partial charge in [0.1, 0.15) is 6.04 Å². The summed E-state index contributed by atoms with van der Waals surface area (Å²) in [6.45, 7) is 5.26. The van der Waals surface area contributed by atoms with Crippen molar-refractivity contribution in [1.82, 2.24) is 4.90 Å². The summed E-state index contributed by atoms with van der Waals surface area (Å²) >= 11 is 0. The summed E-state index contributed by atoms with van der Waals surface area (Å²) in [5, 5.41) is 9.18. The van der Waals surface area contributed by atoms with Gasteiger partial charge in [-0.2, -0.15) is 0 Å². The Kier molecular flexibility index (Phi) is 6.28. The van der Waals surface area contributed by atoms with Gasteiger partial charge in [-0.3, -0.25) is 4.79 Å². The topological polar surface area (TPSA) is 83.6 Å². The second-order valence-electron chi connectivity index (χ2n) is 5.87. The van der Waals surface area contributed by atoms with Crippen LogP contribution in [0.2, 0.25) is 0 Å². The van der Waals surface area contributed by atoms with E-state index in [0.717, 1.165) is 19.3 Å². The molecule has 1 saturated heterocycles. The van der Waals surface area contributed by atoms with Crippen molar-refractivity contribution < 1.29 is 14.7 Å². The van der Waals surface area contributed by atoms with E-state index in [9.17, 15) is 14.7 Å². The maximum atomic E-state index is 12.3. The average molecular weight is 270 g/mol. The van der Waals surface area contributed by atoms with Crippen molar-refractivity contribution in [2.75, 3.05) is 13.1 Å².